The van der Waals surface area contributed by atoms with E-state index in [2.05, 4.69) is 47.4 Å². The van der Waals surface area contributed by atoms with Gasteiger partial charge in [-0.25, -0.2) is 0 Å². The summed E-state index contributed by atoms with van der Waals surface area (Å²) in [5, 5.41) is 2.45. The number of aldehydes is 1. The Balaban J connectivity index is 1.77. The van der Waals surface area contributed by atoms with Crippen LogP contribution in [0.25, 0.3) is 10.8 Å². The van der Waals surface area contributed by atoms with E-state index in [-0.39, 0.29) is 12.1 Å². The molecule has 1 aliphatic rings. The molecule has 1 aliphatic heterocycles. The summed E-state index contributed by atoms with van der Waals surface area (Å²) < 4.78 is 11.4. The van der Waals surface area contributed by atoms with E-state index in [1.165, 1.54) is 16.3 Å². The van der Waals surface area contributed by atoms with Gasteiger partial charge < -0.3 is 14.3 Å². The van der Waals surface area contributed by atoms with E-state index in [0.717, 1.165) is 49.0 Å². The maximum atomic E-state index is 12.1. The van der Waals surface area contributed by atoms with Crippen molar-refractivity contribution in [2.24, 2.45) is 0 Å². The number of nitrogens with zero attached hydrogens (tertiary/aromatic N) is 1. The number of ether oxygens (including phenoxy) is 2. The van der Waals surface area contributed by atoms with Gasteiger partial charge >= 0.3 is 0 Å². The molecule has 156 valence electrons. The summed E-state index contributed by atoms with van der Waals surface area (Å²) in [6.07, 6.45) is 5.08. The second kappa shape index (κ2) is 9.31. The summed E-state index contributed by atoms with van der Waals surface area (Å²) in [5.41, 5.74) is 2.25. The SMILES string of the molecule is COc1cccc(OC)c1C1CCCCC(C=O)N1Cc1ccc2ccccc2c1. The Morgan fingerprint density at radius 2 is 1.60 bits per heavy atom. The molecular weight excluding hydrogens is 374 g/mol. The van der Waals surface area contributed by atoms with Gasteiger partial charge in [0.05, 0.1) is 25.8 Å². The number of fused-ring (bicyclic) bond motifs is 1. The smallest absolute Gasteiger partial charge is 0.137 e. The first kappa shape index (κ1) is 20.4. The van der Waals surface area contributed by atoms with E-state index in [9.17, 15) is 4.79 Å². The molecule has 1 saturated heterocycles. The second-order valence-electron chi connectivity index (χ2n) is 7.93. The van der Waals surface area contributed by atoms with Crippen molar-refractivity contribution in [1.82, 2.24) is 4.90 Å². The summed E-state index contributed by atoms with van der Waals surface area (Å²) in [4.78, 5) is 14.4. The Labute approximate surface area is 178 Å². The van der Waals surface area contributed by atoms with Crippen LogP contribution in [0.1, 0.15) is 42.9 Å². The summed E-state index contributed by atoms with van der Waals surface area (Å²) >= 11 is 0. The Morgan fingerprint density at radius 3 is 2.30 bits per heavy atom. The zero-order chi connectivity index (χ0) is 20.9. The minimum absolute atomic E-state index is 0.0558. The number of carbonyl (C=O) groups excluding carboxylic acids is 1. The molecule has 0 amide bonds. The maximum Gasteiger partial charge on any atom is 0.137 e. The van der Waals surface area contributed by atoms with Gasteiger partial charge in [0.2, 0.25) is 0 Å². The molecule has 2 unspecified atom stereocenters. The van der Waals surface area contributed by atoms with Crippen LogP contribution in [0.2, 0.25) is 0 Å². The number of rotatable bonds is 6. The highest BCUT2D eigenvalue weighted by Gasteiger charge is 2.33. The fraction of sp³-hybridized carbons (Fsp3) is 0.346. The van der Waals surface area contributed by atoms with Crippen molar-refractivity contribution < 1.29 is 14.3 Å². The first-order valence-corrected chi connectivity index (χ1v) is 10.6. The van der Waals surface area contributed by atoms with Gasteiger partial charge in [-0.1, -0.05) is 55.3 Å². The van der Waals surface area contributed by atoms with Crippen LogP contribution in [0.4, 0.5) is 0 Å². The Hall–Kier alpha value is -2.85. The van der Waals surface area contributed by atoms with Crippen molar-refractivity contribution in [3.8, 4) is 11.5 Å². The Kier molecular flexibility index (Phi) is 6.34. The summed E-state index contributed by atoms with van der Waals surface area (Å²) in [6, 6.07) is 20.8. The lowest BCUT2D eigenvalue weighted by molar-refractivity contribution is -0.113. The van der Waals surface area contributed by atoms with Crippen LogP contribution in [0, 0.1) is 0 Å². The van der Waals surface area contributed by atoms with Gasteiger partial charge in [0.1, 0.15) is 17.8 Å². The van der Waals surface area contributed by atoms with E-state index in [0.29, 0.717) is 6.54 Å². The van der Waals surface area contributed by atoms with Crippen LogP contribution in [-0.2, 0) is 11.3 Å². The molecule has 3 aromatic rings. The van der Waals surface area contributed by atoms with Gasteiger partial charge in [-0.2, -0.15) is 0 Å². The fourth-order valence-corrected chi connectivity index (χ4v) is 4.69. The third-order valence-corrected chi connectivity index (χ3v) is 6.19. The summed E-state index contributed by atoms with van der Waals surface area (Å²) in [6.45, 7) is 0.708. The molecule has 1 fully saturated rings. The lowest BCUT2D eigenvalue weighted by Gasteiger charge is -2.35. The van der Waals surface area contributed by atoms with Gasteiger partial charge in [0.25, 0.3) is 0 Å². The van der Waals surface area contributed by atoms with Crippen LogP contribution < -0.4 is 9.47 Å². The van der Waals surface area contributed by atoms with E-state index >= 15 is 0 Å². The first-order chi connectivity index (χ1) is 14.7. The number of benzene rings is 3. The van der Waals surface area contributed by atoms with E-state index in [1.54, 1.807) is 14.2 Å². The van der Waals surface area contributed by atoms with E-state index in [4.69, 9.17) is 9.47 Å². The first-order valence-electron chi connectivity index (χ1n) is 10.6. The monoisotopic (exact) mass is 403 g/mol. The average Bonchev–Trinajstić information content (AvgIpc) is 3.00. The largest absolute Gasteiger partial charge is 0.496 e. The third-order valence-electron chi connectivity index (χ3n) is 6.19. The van der Waals surface area contributed by atoms with Crippen molar-refractivity contribution in [3.05, 3.63) is 71.8 Å². The molecule has 0 aliphatic carbocycles. The predicted octanol–water partition coefficient (Wildman–Crippen LogP) is 5.54. The number of carbonyl (C=O) groups is 1. The molecule has 4 nitrogen and oxygen atoms in total. The lowest BCUT2D eigenvalue weighted by atomic mass is 9.97. The molecule has 2 atom stereocenters. The molecule has 30 heavy (non-hydrogen) atoms. The van der Waals surface area contributed by atoms with E-state index < -0.39 is 0 Å². The van der Waals surface area contributed by atoms with Crippen LogP contribution >= 0.6 is 0 Å². The zero-order valence-electron chi connectivity index (χ0n) is 17.7. The quantitative estimate of drug-likeness (QED) is 0.507. The highest BCUT2D eigenvalue weighted by Crippen LogP contribution is 2.43. The molecule has 0 bridgehead atoms. The molecular formula is C26H29NO3. The normalized spacial score (nSPS) is 19.9. The zero-order valence-corrected chi connectivity index (χ0v) is 17.7. The predicted molar refractivity (Wildman–Crippen MR) is 120 cm³/mol. The molecule has 0 N–H and O–H groups in total. The van der Waals surface area contributed by atoms with Crippen LogP contribution in [0.15, 0.2) is 60.7 Å². The topological polar surface area (TPSA) is 38.8 Å². The van der Waals surface area contributed by atoms with Crippen LogP contribution in [-0.4, -0.2) is 31.4 Å². The number of methoxy groups -OCH3 is 2. The van der Waals surface area contributed by atoms with Gasteiger partial charge in [-0.15, -0.1) is 0 Å². The molecule has 0 radical (unpaired) electrons. The minimum atomic E-state index is -0.126. The minimum Gasteiger partial charge on any atom is -0.496 e. The molecule has 4 heteroatoms. The van der Waals surface area contributed by atoms with Crippen LogP contribution in [0.3, 0.4) is 0 Å². The van der Waals surface area contributed by atoms with Crippen molar-refractivity contribution in [2.75, 3.05) is 14.2 Å². The average molecular weight is 404 g/mol. The number of hydrogen-bond donors (Lipinski definition) is 0. The second-order valence-corrected chi connectivity index (χ2v) is 7.93. The van der Waals surface area contributed by atoms with Crippen molar-refractivity contribution in [1.29, 1.82) is 0 Å². The molecule has 0 saturated carbocycles. The van der Waals surface area contributed by atoms with Crippen molar-refractivity contribution in [2.45, 2.75) is 44.3 Å². The lowest BCUT2D eigenvalue weighted by Crippen LogP contribution is -2.38. The van der Waals surface area contributed by atoms with Crippen LogP contribution in [0.5, 0.6) is 11.5 Å². The molecule has 4 rings (SSSR count). The van der Waals surface area contributed by atoms with Gasteiger partial charge in [0, 0.05) is 12.6 Å². The molecule has 0 aromatic heterocycles. The molecule has 0 spiro atoms. The number of likely N-dealkylation sites (tertiary alicyclic amines) is 1. The maximum absolute atomic E-state index is 12.1. The van der Waals surface area contributed by atoms with Gasteiger partial charge in [-0.05, 0) is 47.4 Å². The van der Waals surface area contributed by atoms with Gasteiger partial charge in [0.15, 0.2) is 0 Å². The van der Waals surface area contributed by atoms with Crippen molar-refractivity contribution >= 4 is 17.1 Å². The standard InChI is InChI=1S/C26H29NO3/c1-29-24-12-7-13-25(30-2)26(24)23-11-6-5-10-22(18-28)27(23)17-19-14-15-20-8-3-4-9-21(20)16-19/h3-4,7-9,12-16,18,22-23H,5-6,10-11,17H2,1-2H3. The molecule has 1 heterocycles. The third kappa shape index (κ3) is 4.05. The van der Waals surface area contributed by atoms with Gasteiger partial charge in [-0.3, -0.25) is 4.90 Å². The highest BCUT2D eigenvalue weighted by molar-refractivity contribution is 5.83. The summed E-state index contributed by atoms with van der Waals surface area (Å²) in [5.74, 6) is 1.63. The van der Waals surface area contributed by atoms with Crippen molar-refractivity contribution in [3.63, 3.8) is 0 Å². The Bertz CT molecular complexity index is 994. The fourth-order valence-electron chi connectivity index (χ4n) is 4.69. The summed E-state index contributed by atoms with van der Waals surface area (Å²) in [7, 11) is 3.39. The number of hydrogen-bond acceptors (Lipinski definition) is 4. The highest BCUT2D eigenvalue weighted by atomic mass is 16.5. The van der Waals surface area contributed by atoms with E-state index in [1.807, 2.05) is 18.2 Å². The molecule has 3 aromatic carbocycles. The Morgan fingerprint density at radius 1 is 0.900 bits per heavy atom.